The molecule has 1 saturated heterocycles. The highest BCUT2D eigenvalue weighted by Gasteiger charge is 2.20. The highest BCUT2D eigenvalue weighted by atomic mass is 16.2. The van der Waals surface area contributed by atoms with Crippen molar-refractivity contribution >= 4 is 5.91 Å². The zero-order valence-electron chi connectivity index (χ0n) is 14.4. The molecule has 3 rings (SSSR count). The zero-order valence-corrected chi connectivity index (χ0v) is 14.4. The van der Waals surface area contributed by atoms with Crippen molar-refractivity contribution in [2.75, 3.05) is 26.2 Å². The largest absolute Gasteiger partial charge is 0.353 e. The van der Waals surface area contributed by atoms with Gasteiger partial charge in [-0.2, -0.15) is 0 Å². The Kier molecular flexibility index (Phi) is 6.01. The van der Waals surface area contributed by atoms with Crippen molar-refractivity contribution in [3.63, 3.8) is 0 Å². The highest BCUT2D eigenvalue weighted by molar-refractivity contribution is 5.75. The molecule has 5 heteroatoms. The van der Waals surface area contributed by atoms with Crippen molar-refractivity contribution in [3.05, 3.63) is 70.6 Å². The van der Waals surface area contributed by atoms with E-state index in [0.717, 1.165) is 19.6 Å². The maximum Gasteiger partial charge on any atom is 0.250 e. The number of nitrogens with zero attached hydrogens (tertiary/aromatic N) is 2. The van der Waals surface area contributed by atoms with Crippen molar-refractivity contribution in [3.8, 4) is 0 Å². The van der Waals surface area contributed by atoms with Gasteiger partial charge in [-0.3, -0.25) is 9.59 Å². The molecule has 1 fully saturated rings. The van der Waals surface area contributed by atoms with Crippen LogP contribution in [0.5, 0.6) is 0 Å². The van der Waals surface area contributed by atoms with Crippen LogP contribution in [0.25, 0.3) is 0 Å². The summed E-state index contributed by atoms with van der Waals surface area (Å²) in [7, 11) is 0. The average Bonchev–Trinajstić information content (AvgIpc) is 2.65. The fraction of sp³-hybridized carbons (Fsp3) is 0.400. The molecule has 0 aliphatic carbocycles. The monoisotopic (exact) mass is 339 g/mol. The smallest absolute Gasteiger partial charge is 0.250 e. The standard InChI is InChI=1S/C20H25N3O2/c24-19(16-23-13-5-4-10-20(23)25)21-11-14-22-12-6-9-18(15-22)17-7-2-1-3-8-17/h1-5,7-8,10,13,18H,6,9,11-12,14-16H2,(H,21,24). The second kappa shape index (κ2) is 8.62. The summed E-state index contributed by atoms with van der Waals surface area (Å²) in [5, 5.41) is 2.92. The molecule has 132 valence electrons. The van der Waals surface area contributed by atoms with Crippen molar-refractivity contribution in [2.45, 2.75) is 25.3 Å². The van der Waals surface area contributed by atoms with Crippen molar-refractivity contribution in [2.24, 2.45) is 0 Å². The van der Waals surface area contributed by atoms with Crippen LogP contribution in [0.15, 0.2) is 59.5 Å². The molecule has 5 nitrogen and oxygen atoms in total. The molecule has 25 heavy (non-hydrogen) atoms. The first-order valence-electron chi connectivity index (χ1n) is 8.92. The van der Waals surface area contributed by atoms with Crippen molar-refractivity contribution in [1.29, 1.82) is 0 Å². The van der Waals surface area contributed by atoms with Gasteiger partial charge in [-0.1, -0.05) is 36.4 Å². The maximum atomic E-state index is 12.0. The molecule has 2 aromatic rings. The predicted molar refractivity (Wildman–Crippen MR) is 98.6 cm³/mol. The minimum absolute atomic E-state index is 0.0757. The minimum atomic E-state index is -0.153. The lowest BCUT2D eigenvalue weighted by atomic mass is 9.91. The van der Waals surface area contributed by atoms with Crippen molar-refractivity contribution in [1.82, 2.24) is 14.8 Å². The Bertz CT molecular complexity index is 742. The van der Waals surface area contributed by atoms with Crippen LogP contribution >= 0.6 is 0 Å². The lowest BCUT2D eigenvalue weighted by molar-refractivity contribution is -0.121. The van der Waals surface area contributed by atoms with E-state index in [2.05, 4.69) is 40.5 Å². The normalized spacial score (nSPS) is 18.0. The van der Waals surface area contributed by atoms with Gasteiger partial charge in [0.05, 0.1) is 0 Å². The first-order valence-corrected chi connectivity index (χ1v) is 8.92. The van der Waals surface area contributed by atoms with E-state index in [4.69, 9.17) is 0 Å². The molecule has 1 aromatic carbocycles. The molecule has 1 aliphatic heterocycles. The number of hydrogen-bond donors (Lipinski definition) is 1. The second-order valence-corrected chi connectivity index (χ2v) is 6.57. The van der Waals surface area contributed by atoms with Crippen LogP contribution in [0.1, 0.15) is 24.3 Å². The summed E-state index contributed by atoms with van der Waals surface area (Å²) in [4.78, 5) is 26.0. The number of rotatable bonds is 6. The Labute approximate surface area is 148 Å². The van der Waals surface area contributed by atoms with Crippen LogP contribution in [-0.4, -0.2) is 41.6 Å². The number of pyridine rings is 1. The number of carbonyl (C=O) groups excluding carboxylic acids is 1. The quantitative estimate of drug-likeness (QED) is 0.874. The van der Waals surface area contributed by atoms with Crippen LogP contribution in [0, 0.1) is 0 Å². The molecular formula is C20H25N3O2. The van der Waals surface area contributed by atoms with E-state index in [9.17, 15) is 9.59 Å². The highest BCUT2D eigenvalue weighted by Crippen LogP contribution is 2.26. The first-order chi connectivity index (χ1) is 12.2. The van der Waals surface area contributed by atoms with Gasteiger partial charge in [0.15, 0.2) is 0 Å². The second-order valence-electron chi connectivity index (χ2n) is 6.57. The molecular weight excluding hydrogens is 314 g/mol. The summed E-state index contributed by atoms with van der Waals surface area (Å²) in [6.45, 7) is 3.66. The summed E-state index contributed by atoms with van der Waals surface area (Å²) < 4.78 is 1.42. The number of benzene rings is 1. The third kappa shape index (κ3) is 5.03. The summed E-state index contributed by atoms with van der Waals surface area (Å²) in [6.07, 6.45) is 4.05. The number of likely N-dealkylation sites (tertiary alicyclic amines) is 1. The van der Waals surface area contributed by atoms with E-state index in [-0.39, 0.29) is 18.0 Å². The molecule has 1 aliphatic rings. The summed E-state index contributed by atoms with van der Waals surface area (Å²) in [5.41, 5.74) is 1.25. The van der Waals surface area contributed by atoms with Gasteiger partial charge >= 0.3 is 0 Å². The number of aromatic nitrogens is 1. The summed E-state index contributed by atoms with van der Waals surface area (Å²) in [6, 6.07) is 15.5. The number of carbonyl (C=O) groups is 1. The fourth-order valence-corrected chi connectivity index (χ4v) is 3.41. The van der Waals surface area contributed by atoms with Crippen LogP contribution in [-0.2, 0) is 11.3 Å². The first kappa shape index (κ1) is 17.4. The van der Waals surface area contributed by atoms with Crippen LogP contribution in [0.3, 0.4) is 0 Å². The van der Waals surface area contributed by atoms with Gasteiger partial charge in [-0.15, -0.1) is 0 Å². The van der Waals surface area contributed by atoms with E-state index >= 15 is 0 Å². The number of piperidine rings is 1. The molecule has 0 saturated carbocycles. The fourth-order valence-electron chi connectivity index (χ4n) is 3.41. The number of amides is 1. The Morgan fingerprint density at radius 1 is 1.12 bits per heavy atom. The Morgan fingerprint density at radius 3 is 2.72 bits per heavy atom. The van der Waals surface area contributed by atoms with Gasteiger partial charge in [0.2, 0.25) is 5.91 Å². The minimum Gasteiger partial charge on any atom is -0.353 e. The number of hydrogen-bond acceptors (Lipinski definition) is 3. The van der Waals surface area contributed by atoms with Crippen molar-refractivity contribution < 1.29 is 4.79 Å². The lowest BCUT2D eigenvalue weighted by Crippen LogP contribution is -2.41. The van der Waals surface area contributed by atoms with Crippen LogP contribution in [0.4, 0.5) is 0 Å². The van der Waals surface area contributed by atoms with E-state index in [1.54, 1.807) is 18.3 Å². The van der Waals surface area contributed by atoms with Gasteiger partial charge in [-0.25, -0.2) is 0 Å². The Morgan fingerprint density at radius 2 is 1.92 bits per heavy atom. The topological polar surface area (TPSA) is 54.3 Å². The van der Waals surface area contributed by atoms with Gasteiger partial charge < -0.3 is 14.8 Å². The van der Waals surface area contributed by atoms with E-state index in [1.807, 2.05) is 0 Å². The van der Waals surface area contributed by atoms with Gasteiger partial charge in [0.25, 0.3) is 5.56 Å². The molecule has 1 unspecified atom stereocenters. The van der Waals surface area contributed by atoms with E-state index in [1.165, 1.54) is 29.0 Å². The van der Waals surface area contributed by atoms with E-state index < -0.39 is 0 Å². The zero-order chi connectivity index (χ0) is 17.5. The summed E-state index contributed by atoms with van der Waals surface area (Å²) >= 11 is 0. The molecule has 1 atom stereocenters. The van der Waals surface area contributed by atoms with Crippen LogP contribution < -0.4 is 10.9 Å². The Hall–Kier alpha value is -2.40. The predicted octanol–water partition coefficient (Wildman–Crippen LogP) is 1.84. The van der Waals surface area contributed by atoms with Gasteiger partial charge in [0, 0.05) is 31.9 Å². The van der Waals surface area contributed by atoms with Crippen LogP contribution in [0.2, 0.25) is 0 Å². The molecule has 0 radical (unpaired) electrons. The third-order valence-electron chi connectivity index (χ3n) is 4.74. The average molecular weight is 339 g/mol. The third-order valence-corrected chi connectivity index (χ3v) is 4.74. The SMILES string of the molecule is O=C(Cn1ccccc1=O)NCCN1CCCC(c2ccccc2)C1. The molecule has 1 N–H and O–H groups in total. The molecule has 0 spiro atoms. The van der Waals surface area contributed by atoms with E-state index in [0.29, 0.717) is 12.5 Å². The maximum absolute atomic E-state index is 12.0. The lowest BCUT2D eigenvalue weighted by Gasteiger charge is -2.33. The molecule has 1 amide bonds. The van der Waals surface area contributed by atoms with Gasteiger partial charge in [0.1, 0.15) is 6.54 Å². The Balaban J connectivity index is 1.43. The molecule has 0 bridgehead atoms. The molecule has 1 aromatic heterocycles. The van der Waals surface area contributed by atoms with Gasteiger partial charge in [-0.05, 0) is 36.9 Å². The number of nitrogens with one attached hydrogen (secondary N) is 1. The summed E-state index contributed by atoms with van der Waals surface area (Å²) in [5.74, 6) is 0.457. The molecule has 2 heterocycles.